The van der Waals surface area contributed by atoms with Gasteiger partial charge < -0.3 is 10.6 Å². The summed E-state index contributed by atoms with van der Waals surface area (Å²) >= 11 is 5.44. The summed E-state index contributed by atoms with van der Waals surface area (Å²) in [5.74, 6) is -0.751. The zero-order valence-corrected chi connectivity index (χ0v) is 14.3. The molecule has 0 saturated heterocycles. The Morgan fingerprint density at radius 3 is 2.65 bits per heavy atom. The van der Waals surface area contributed by atoms with Gasteiger partial charge in [0, 0.05) is 11.3 Å². The van der Waals surface area contributed by atoms with E-state index in [0.29, 0.717) is 23.4 Å². The van der Waals surface area contributed by atoms with Gasteiger partial charge in [-0.1, -0.05) is 24.4 Å². The average Bonchev–Trinajstić information content (AvgIpc) is 2.42. The third-order valence-corrected chi connectivity index (χ3v) is 4.20. The van der Waals surface area contributed by atoms with Crippen molar-refractivity contribution < 1.29 is 14.1 Å². The molecule has 6 heteroatoms. The summed E-state index contributed by atoms with van der Waals surface area (Å²) in [7, 11) is 2.00. The first-order valence-corrected chi connectivity index (χ1v) is 7.77. The molecule has 1 unspecified atom stereocenters. The number of nitrogens with zero attached hydrogens (tertiary/aromatic N) is 1. The highest BCUT2D eigenvalue weighted by molar-refractivity contribution is 7.71. The third-order valence-electron chi connectivity index (χ3n) is 3.77. The van der Waals surface area contributed by atoms with Crippen LogP contribution in [0.5, 0.6) is 0 Å². The van der Waals surface area contributed by atoms with E-state index in [1.165, 1.54) is 12.1 Å². The van der Waals surface area contributed by atoms with Crippen LogP contribution in [0, 0.1) is 24.3 Å². The molecular weight excluding hydrogens is 313 g/mol. The fraction of sp³-hybridized carbons (Fsp3) is 0.294. The van der Waals surface area contributed by atoms with Crippen LogP contribution in [0.4, 0.5) is 4.39 Å². The van der Waals surface area contributed by atoms with Crippen LogP contribution in [-0.4, -0.2) is 17.5 Å². The quantitative estimate of drug-likeness (QED) is 0.819. The zero-order valence-electron chi connectivity index (χ0n) is 13.5. The molecule has 3 N–H and O–H groups in total. The Balaban J connectivity index is 2.27. The Morgan fingerprint density at radius 1 is 1.35 bits per heavy atom. The van der Waals surface area contributed by atoms with Gasteiger partial charge in [0.15, 0.2) is 6.67 Å². The number of aryl methyl sites for hydroxylation is 2. The fourth-order valence-corrected chi connectivity index (χ4v) is 3.21. The Labute approximate surface area is 140 Å². The molecule has 1 aromatic carbocycles. The Bertz CT molecular complexity index is 801. The molecule has 1 aromatic heterocycles. The number of amides is 1. The van der Waals surface area contributed by atoms with E-state index in [9.17, 15) is 9.18 Å². The Kier molecular flexibility index (Phi) is 5.28. The first kappa shape index (κ1) is 17.3. The van der Waals surface area contributed by atoms with Crippen molar-refractivity contribution in [1.29, 1.82) is 0 Å². The number of rotatable bonds is 5. The second kappa shape index (κ2) is 7.02. The summed E-state index contributed by atoms with van der Waals surface area (Å²) < 4.78 is 15.6. The third kappa shape index (κ3) is 4.03. The lowest BCUT2D eigenvalue weighted by molar-refractivity contribution is -0.917. The van der Waals surface area contributed by atoms with Crippen LogP contribution in [0.2, 0.25) is 0 Å². The lowest BCUT2D eigenvalue weighted by atomic mass is 10.1. The molecular formula is C17H21FN3OS+. The molecule has 0 fully saturated rings. The molecule has 0 saturated carbocycles. The molecule has 1 atom stereocenters. The number of aromatic nitrogens is 1. The molecule has 2 aromatic rings. The predicted molar refractivity (Wildman–Crippen MR) is 90.2 cm³/mol. The monoisotopic (exact) mass is 334 g/mol. The first-order chi connectivity index (χ1) is 10.8. The number of primary amides is 1. The topological polar surface area (TPSA) is 52.5 Å². The number of hydrogen-bond donors (Lipinski definition) is 2. The first-order valence-electron chi connectivity index (χ1n) is 7.36. The van der Waals surface area contributed by atoms with Crippen LogP contribution < -0.4 is 10.6 Å². The van der Waals surface area contributed by atoms with Crippen LogP contribution in [-0.2, 0) is 13.2 Å². The van der Waals surface area contributed by atoms with E-state index >= 15 is 0 Å². The maximum Gasteiger partial charge on any atom is 0.251 e. The number of benzene rings is 1. The minimum Gasteiger partial charge on any atom is -0.365 e. The number of pyridine rings is 1. The molecule has 0 bridgehead atoms. The summed E-state index contributed by atoms with van der Waals surface area (Å²) in [5.41, 5.74) is 8.50. The molecule has 0 aliphatic rings. The number of nitrogens with two attached hydrogens (primary N) is 1. The standard InChI is InChI=1S/C17H20FN3OS/c1-11-7-12(2)21(17(23)15(11)16(19)22)10-20(3)9-13-5-4-6-14(18)8-13/h4-8H,9-10H2,1-3H3,(H2,19,22)/p+1. The number of carbonyl (C=O) groups excluding carboxylic acids is 1. The number of hydrogen-bond acceptors (Lipinski definition) is 2. The molecule has 1 heterocycles. The molecule has 2 rings (SSSR count). The van der Waals surface area contributed by atoms with Crippen LogP contribution in [0.25, 0.3) is 0 Å². The number of nitrogens with one attached hydrogen (secondary N) is 1. The van der Waals surface area contributed by atoms with Gasteiger partial charge in [0.1, 0.15) is 17.0 Å². The van der Waals surface area contributed by atoms with Crippen molar-refractivity contribution in [3.05, 3.63) is 63.2 Å². The predicted octanol–water partition coefficient (Wildman–Crippen LogP) is 1.74. The molecule has 122 valence electrons. The smallest absolute Gasteiger partial charge is 0.251 e. The van der Waals surface area contributed by atoms with Gasteiger partial charge >= 0.3 is 0 Å². The summed E-state index contributed by atoms with van der Waals surface area (Å²) in [6.45, 7) is 5.00. The van der Waals surface area contributed by atoms with Gasteiger partial charge in [-0.15, -0.1) is 0 Å². The summed E-state index contributed by atoms with van der Waals surface area (Å²) in [6.07, 6.45) is 0. The molecule has 0 spiro atoms. The number of carbonyl (C=O) groups is 1. The summed E-state index contributed by atoms with van der Waals surface area (Å²) in [4.78, 5) is 12.7. The van der Waals surface area contributed by atoms with Crippen molar-refractivity contribution in [2.75, 3.05) is 7.05 Å². The molecule has 0 aliphatic carbocycles. The second-order valence-corrected chi connectivity index (χ2v) is 6.25. The van der Waals surface area contributed by atoms with Gasteiger partial charge in [0.25, 0.3) is 5.91 Å². The maximum absolute atomic E-state index is 13.3. The number of halogens is 1. The average molecular weight is 334 g/mol. The van der Waals surface area contributed by atoms with E-state index in [1.807, 2.05) is 37.6 Å². The molecule has 1 amide bonds. The van der Waals surface area contributed by atoms with Crippen molar-refractivity contribution in [1.82, 2.24) is 4.57 Å². The largest absolute Gasteiger partial charge is 0.365 e. The van der Waals surface area contributed by atoms with E-state index in [0.717, 1.165) is 21.7 Å². The van der Waals surface area contributed by atoms with Crippen molar-refractivity contribution >= 4 is 18.1 Å². The highest BCUT2D eigenvalue weighted by Gasteiger charge is 2.14. The highest BCUT2D eigenvalue weighted by Crippen LogP contribution is 2.13. The highest BCUT2D eigenvalue weighted by atomic mass is 32.1. The van der Waals surface area contributed by atoms with Crippen molar-refractivity contribution in [3.8, 4) is 0 Å². The molecule has 0 radical (unpaired) electrons. The van der Waals surface area contributed by atoms with Crippen molar-refractivity contribution in [2.24, 2.45) is 5.73 Å². The van der Waals surface area contributed by atoms with Gasteiger partial charge in [0.2, 0.25) is 0 Å². The zero-order chi connectivity index (χ0) is 17.1. The summed E-state index contributed by atoms with van der Waals surface area (Å²) in [5, 5.41) is 0. The van der Waals surface area contributed by atoms with Crippen molar-refractivity contribution in [3.63, 3.8) is 0 Å². The maximum atomic E-state index is 13.3. The van der Waals surface area contributed by atoms with E-state index in [4.69, 9.17) is 18.0 Å². The van der Waals surface area contributed by atoms with E-state index in [2.05, 4.69) is 0 Å². The Hall–Kier alpha value is -2.05. The lowest BCUT2D eigenvalue weighted by Crippen LogP contribution is -3.07. The molecule has 4 nitrogen and oxygen atoms in total. The SMILES string of the molecule is Cc1cc(C)n(C[NH+](C)Cc2cccc(F)c2)c(=S)c1C(N)=O. The van der Waals surface area contributed by atoms with Gasteiger partial charge in [-0.2, -0.15) is 0 Å². The van der Waals surface area contributed by atoms with E-state index in [1.54, 1.807) is 6.07 Å². The van der Waals surface area contributed by atoms with Crippen LogP contribution in [0.1, 0.15) is 27.2 Å². The minimum atomic E-state index is -0.510. The number of quaternary nitrogens is 1. The van der Waals surface area contributed by atoms with Crippen LogP contribution in [0.3, 0.4) is 0 Å². The van der Waals surface area contributed by atoms with E-state index in [-0.39, 0.29) is 5.82 Å². The normalized spacial score (nSPS) is 12.2. The van der Waals surface area contributed by atoms with Crippen molar-refractivity contribution in [2.45, 2.75) is 27.1 Å². The second-order valence-electron chi connectivity index (χ2n) is 5.86. The molecule has 0 aliphatic heterocycles. The van der Waals surface area contributed by atoms with Crippen LogP contribution >= 0.6 is 12.2 Å². The molecule has 23 heavy (non-hydrogen) atoms. The van der Waals surface area contributed by atoms with E-state index < -0.39 is 5.91 Å². The summed E-state index contributed by atoms with van der Waals surface area (Å²) in [6, 6.07) is 8.46. The van der Waals surface area contributed by atoms with Gasteiger partial charge in [-0.3, -0.25) is 9.36 Å². The lowest BCUT2D eigenvalue weighted by Gasteiger charge is -2.20. The fourth-order valence-electron chi connectivity index (χ4n) is 2.74. The van der Waals surface area contributed by atoms with Gasteiger partial charge in [-0.25, -0.2) is 4.39 Å². The minimum absolute atomic E-state index is 0.241. The Morgan fingerprint density at radius 2 is 2.04 bits per heavy atom. The van der Waals surface area contributed by atoms with Gasteiger partial charge in [0.05, 0.1) is 12.6 Å². The van der Waals surface area contributed by atoms with Gasteiger partial charge in [-0.05, 0) is 37.6 Å². The van der Waals surface area contributed by atoms with Crippen LogP contribution in [0.15, 0.2) is 30.3 Å².